The maximum atomic E-state index is 14.7. The van der Waals surface area contributed by atoms with E-state index in [1.54, 1.807) is 64.5 Å². The first-order chi connectivity index (χ1) is 34.0. The molecule has 1 saturated carbocycles. The predicted molar refractivity (Wildman–Crippen MR) is 268 cm³/mol. The molecule has 3 fully saturated rings. The van der Waals surface area contributed by atoms with Gasteiger partial charge in [-0.2, -0.15) is 0 Å². The third-order valence-electron chi connectivity index (χ3n) is 13.7. The van der Waals surface area contributed by atoms with Crippen molar-refractivity contribution in [1.29, 1.82) is 0 Å². The number of likely N-dealkylation sites (tertiary alicyclic amines) is 1. The summed E-state index contributed by atoms with van der Waals surface area (Å²) in [6, 6.07) is 9.54. The second kappa shape index (κ2) is 21.8. The summed E-state index contributed by atoms with van der Waals surface area (Å²) in [7, 11) is 5.05. The van der Waals surface area contributed by atoms with Crippen molar-refractivity contribution in [3.63, 3.8) is 0 Å². The van der Waals surface area contributed by atoms with Gasteiger partial charge in [0.25, 0.3) is 11.5 Å². The number of β-amino-alcohol motifs (C(OH)–C–C–N with tert-alkyl or cyclic N) is 1. The number of piperazine rings is 1. The monoisotopic (exact) mass is 996 g/mol. The average Bonchev–Trinajstić information content (AvgIpc) is 3.77. The molecule has 5 aromatic rings. The minimum atomic E-state index is -1.98. The summed E-state index contributed by atoms with van der Waals surface area (Å²) in [6.07, 6.45) is 4.40. The lowest BCUT2D eigenvalue weighted by molar-refractivity contribution is -0.145. The number of nitrogens with one attached hydrogen (secondary N) is 2. The van der Waals surface area contributed by atoms with E-state index in [0.717, 1.165) is 70.9 Å². The number of methoxy groups -OCH3 is 2. The highest BCUT2D eigenvalue weighted by Gasteiger charge is 2.53. The zero-order valence-corrected chi connectivity index (χ0v) is 42.4. The third kappa shape index (κ3) is 11.7. The van der Waals surface area contributed by atoms with Crippen LogP contribution in [-0.2, 0) is 39.3 Å². The highest BCUT2D eigenvalue weighted by atomic mass is 32.1. The van der Waals surface area contributed by atoms with Crippen molar-refractivity contribution in [3.8, 4) is 38.8 Å². The topological polar surface area (TPSA) is 190 Å². The van der Waals surface area contributed by atoms with Gasteiger partial charge in [-0.05, 0) is 66.0 Å². The van der Waals surface area contributed by atoms with Crippen molar-refractivity contribution in [3.05, 3.63) is 87.7 Å². The largest absolute Gasteiger partial charge is 0.496 e. The van der Waals surface area contributed by atoms with Crippen LogP contribution in [0.2, 0.25) is 0 Å². The molecule has 71 heavy (non-hydrogen) atoms. The Kier molecular flexibility index (Phi) is 15.8. The number of alkyl halides is 1. The molecule has 2 saturated heterocycles. The van der Waals surface area contributed by atoms with Crippen LogP contribution in [0.1, 0.15) is 56.9 Å². The van der Waals surface area contributed by atoms with Crippen LogP contribution in [0.5, 0.6) is 17.2 Å². The number of ether oxygens (including phenoxy) is 4. The number of nitrogens with zero attached hydrogens (tertiary/aromatic N) is 6. The number of amides is 3. The number of rotatable bonds is 19. The van der Waals surface area contributed by atoms with Gasteiger partial charge in [0.2, 0.25) is 11.8 Å². The number of halogens is 1. The maximum Gasteiger partial charge on any atom is 0.259 e. The molecule has 3 amide bonds. The van der Waals surface area contributed by atoms with E-state index < -0.39 is 47.0 Å². The van der Waals surface area contributed by atoms with E-state index in [1.165, 1.54) is 16.2 Å². The number of aryl methyl sites for hydroxylation is 2. The first-order valence-corrected chi connectivity index (χ1v) is 25.0. The lowest BCUT2D eigenvalue weighted by atomic mass is 9.85. The van der Waals surface area contributed by atoms with Gasteiger partial charge in [0.15, 0.2) is 5.67 Å². The number of hydrogen-bond donors (Lipinski definition) is 3. The molecule has 2 aromatic carbocycles. The molecule has 0 radical (unpaired) electrons. The van der Waals surface area contributed by atoms with Crippen LogP contribution in [0.15, 0.2) is 65.3 Å². The molecule has 8 rings (SSSR count). The number of pyridine rings is 2. The Bertz CT molecular complexity index is 2780. The van der Waals surface area contributed by atoms with E-state index in [0.29, 0.717) is 48.0 Å². The number of aliphatic hydroxyl groups excluding tert-OH is 1. The van der Waals surface area contributed by atoms with E-state index in [2.05, 4.69) is 30.4 Å². The van der Waals surface area contributed by atoms with Gasteiger partial charge < -0.3 is 44.2 Å². The lowest BCUT2D eigenvalue weighted by Gasteiger charge is -2.35. The van der Waals surface area contributed by atoms with Gasteiger partial charge in [0.1, 0.15) is 35.9 Å². The Morgan fingerprint density at radius 1 is 0.958 bits per heavy atom. The van der Waals surface area contributed by atoms with Crippen LogP contribution in [0, 0.1) is 12.3 Å². The quantitative estimate of drug-likeness (QED) is 0.0952. The molecule has 0 unspecified atom stereocenters. The van der Waals surface area contributed by atoms with Gasteiger partial charge in [0, 0.05) is 95.5 Å². The molecule has 5 heterocycles. The van der Waals surface area contributed by atoms with Crippen LogP contribution >= 0.6 is 11.3 Å². The van der Waals surface area contributed by atoms with Crippen LogP contribution in [0.25, 0.3) is 32.3 Å². The van der Waals surface area contributed by atoms with Crippen molar-refractivity contribution in [2.45, 2.75) is 83.9 Å². The predicted octanol–water partition coefficient (Wildman–Crippen LogP) is 4.87. The summed E-state index contributed by atoms with van der Waals surface area (Å²) in [5, 5.41) is 17.6. The number of benzene rings is 2. The van der Waals surface area contributed by atoms with Gasteiger partial charge in [0.05, 0.1) is 60.6 Å². The molecule has 1 aliphatic carbocycles. The van der Waals surface area contributed by atoms with Crippen molar-refractivity contribution < 1.29 is 42.8 Å². The number of aliphatic hydroxyl groups is 1. The fourth-order valence-electron chi connectivity index (χ4n) is 9.31. The molecule has 0 spiro atoms. The van der Waals surface area contributed by atoms with Crippen molar-refractivity contribution >= 4 is 39.8 Å². The number of hydrogen-bond acceptors (Lipinski definition) is 14. The first-order valence-electron chi connectivity index (χ1n) is 24.1. The van der Waals surface area contributed by atoms with Gasteiger partial charge in [-0.1, -0.05) is 32.9 Å². The molecule has 3 N–H and O–H groups in total. The van der Waals surface area contributed by atoms with E-state index >= 15 is 0 Å². The van der Waals surface area contributed by atoms with Crippen LogP contribution in [-0.4, -0.2) is 149 Å². The standard InChI is InChI=1S/C52H65FN8O9S/c1-32-45(71-31-56-32)33-8-9-34(26-55-47(63)41-25-36(62)28-61(41)49(65)46(51(2,3)4)57-50(66)52(53)11-12-52)42(22-33)70-21-20-69-19-18-59-14-16-60(17-15-59)30-40-43(67-6)23-35(24-44(40)68-7)39-29-58(5)48(64)38-27-54-13-10-37(38)39/h8-10,13,22-24,27,29,31,36,41,46,62H,11-12,14-21,25-26,28,30H2,1-7H3,(H,55,63)(H,57,66)/t36-,41+,46-/m1/s1. The molecule has 19 heteroatoms. The molecule has 17 nitrogen and oxygen atoms in total. The van der Waals surface area contributed by atoms with Crippen LogP contribution < -0.4 is 30.4 Å². The molecule has 3 aliphatic rings. The lowest BCUT2D eigenvalue weighted by Crippen LogP contribution is -2.59. The highest BCUT2D eigenvalue weighted by Crippen LogP contribution is 2.41. The fraction of sp³-hybridized carbons (Fsp3) is 0.500. The van der Waals surface area contributed by atoms with E-state index in [9.17, 15) is 28.7 Å². The Morgan fingerprint density at radius 3 is 2.32 bits per heavy atom. The van der Waals surface area contributed by atoms with Gasteiger partial charge in [-0.15, -0.1) is 11.3 Å². The van der Waals surface area contributed by atoms with Crippen molar-refractivity contribution in [1.82, 2.24) is 39.9 Å². The van der Waals surface area contributed by atoms with E-state index in [1.807, 2.05) is 49.5 Å². The van der Waals surface area contributed by atoms with Gasteiger partial charge in [-0.3, -0.25) is 34.0 Å². The SMILES string of the molecule is COc1cc(-c2cn(C)c(=O)c3cnccc23)cc(OC)c1CN1CCN(CCOCCOc2cc(-c3scnc3C)ccc2CNC(=O)[C@@H]2C[C@@H](O)CN2C(=O)[C@@H](NC(=O)C2(F)CC2)C(C)(C)C)CC1. The molecule has 3 aromatic heterocycles. The number of carbonyl (C=O) groups excluding carboxylic acids is 3. The Hall–Kier alpha value is -5.99. The number of thiazole rings is 1. The fourth-order valence-corrected chi connectivity index (χ4v) is 10.1. The molecular formula is C52H65FN8O9S. The van der Waals surface area contributed by atoms with E-state index in [4.69, 9.17) is 18.9 Å². The van der Waals surface area contributed by atoms with Gasteiger partial charge in [-0.25, -0.2) is 9.37 Å². The molecular weight excluding hydrogens is 932 g/mol. The van der Waals surface area contributed by atoms with Crippen LogP contribution in [0.4, 0.5) is 4.39 Å². The second-order valence-corrected chi connectivity index (χ2v) is 20.6. The second-order valence-electron chi connectivity index (χ2n) is 19.8. The Morgan fingerprint density at radius 2 is 1.66 bits per heavy atom. The van der Waals surface area contributed by atoms with Gasteiger partial charge >= 0.3 is 0 Å². The number of fused-ring (bicyclic) bond motifs is 1. The Labute approximate surface area is 417 Å². The minimum Gasteiger partial charge on any atom is -0.496 e. The minimum absolute atomic E-state index is 0.0205. The average molecular weight is 997 g/mol. The van der Waals surface area contributed by atoms with Crippen molar-refractivity contribution in [2.24, 2.45) is 12.5 Å². The Balaban J connectivity index is 0.835. The summed E-state index contributed by atoms with van der Waals surface area (Å²) in [5.41, 5.74) is 4.15. The smallest absolute Gasteiger partial charge is 0.259 e. The third-order valence-corrected chi connectivity index (χ3v) is 14.6. The van der Waals surface area contributed by atoms with Crippen LogP contribution in [0.3, 0.4) is 0 Å². The highest BCUT2D eigenvalue weighted by molar-refractivity contribution is 7.13. The summed E-state index contributed by atoms with van der Waals surface area (Å²) in [4.78, 5) is 69.0. The summed E-state index contributed by atoms with van der Waals surface area (Å²) in [6.45, 7) is 13.1. The first kappa shape index (κ1) is 51.4. The summed E-state index contributed by atoms with van der Waals surface area (Å²) >= 11 is 1.52. The van der Waals surface area contributed by atoms with E-state index in [-0.39, 0.29) is 44.5 Å². The molecule has 380 valence electrons. The number of aromatic nitrogens is 3. The zero-order chi connectivity index (χ0) is 50.6. The zero-order valence-electron chi connectivity index (χ0n) is 41.6. The maximum absolute atomic E-state index is 14.7. The molecule has 0 bridgehead atoms. The summed E-state index contributed by atoms with van der Waals surface area (Å²) < 4.78 is 40.5. The molecule has 3 atom stereocenters. The molecule has 2 aliphatic heterocycles. The normalized spacial score (nSPS) is 18.6. The van der Waals surface area contributed by atoms with Crippen molar-refractivity contribution in [2.75, 3.05) is 73.3 Å². The number of carbonyl (C=O) groups is 3. The summed E-state index contributed by atoms with van der Waals surface area (Å²) in [5.74, 6) is 0.145.